The van der Waals surface area contributed by atoms with Gasteiger partial charge in [-0.25, -0.2) is 0 Å². The van der Waals surface area contributed by atoms with E-state index in [1.165, 1.54) is 6.20 Å². The number of aliphatic hydroxyl groups excluding tert-OH is 1. The van der Waals surface area contributed by atoms with Crippen molar-refractivity contribution in [1.82, 2.24) is 15.3 Å². The van der Waals surface area contributed by atoms with E-state index in [9.17, 15) is 4.79 Å². The first-order valence-corrected chi connectivity index (χ1v) is 4.41. The molecule has 0 aliphatic rings. The van der Waals surface area contributed by atoms with E-state index in [0.717, 1.165) is 5.52 Å². The zero-order valence-electron chi connectivity index (χ0n) is 7.84. The lowest BCUT2D eigenvalue weighted by Crippen LogP contribution is -2.24. The summed E-state index contributed by atoms with van der Waals surface area (Å²) >= 11 is 0. The van der Waals surface area contributed by atoms with Crippen molar-refractivity contribution in [3.63, 3.8) is 0 Å². The minimum Gasteiger partial charge on any atom is -0.376 e. The molecule has 0 saturated heterocycles. The van der Waals surface area contributed by atoms with Gasteiger partial charge in [0.25, 0.3) is 5.91 Å². The highest BCUT2D eigenvalue weighted by atomic mass is 16.3. The lowest BCUT2D eigenvalue weighted by atomic mass is 10.2. The van der Waals surface area contributed by atoms with Crippen LogP contribution in [0, 0.1) is 0 Å². The normalized spacial score (nSPS) is 10.2. The first kappa shape index (κ1) is 9.54. The summed E-state index contributed by atoms with van der Waals surface area (Å²) in [5, 5.41) is 10.8. The fourth-order valence-electron chi connectivity index (χ4n) is 1.25. The van der Waals surface area contributed by atoms with Crippen molar-refractivity contribution >= 4 is 16.9 Å². The Balaban J connectivity index is 2.42. The van der Waals surface area contributed by atoms with Crippen LogP contribution in [0.25, 0.3) is 11.0 Å². The van der Waals surface area contributed by atoms with Gasteiger partial charge in [-0.2, -0.15) is 0 Å². The van der Waals surface area contributed by atoms with E-state index in [-0.39, 0.29) is 12.6 Å². The summed E-state index contributed by atoms with van der Waals surface area (Å²) in [4.78, 5) is 19.5. The second-order valence-electron chi connectivity index (χ2n) is 2.93. The summed E-state index contributed by atoms with van der Waals surface area (Å²) in [6.45, 7) is -0.390. The van der Waals surface area contributed by atoms with Crippen LogP contribution in [0.1, 0.15) is 10.4 Å². The standard InChI is InChI=1S/C10H9N3O2/c14-6-13-10(15)7-4-9-8(12-5-7)2-1-3-11-9/h1-5,14H,6H2,(H,13,15). The Morgan fingerprint density at radius 1 is 1.40 bits per heavy atom. The average molecular weight is 203 g/mol. The van der Waals surface area contributed by atoms with Gasteiger partial charge in [-0.1, -0.05) is 0 Å². The minimum absolute atomic E-state index is 0.363. The number of hydrogen-bond donors (Lipinski definition) is 2. The molecule has 0 saturated carbocycles. The van der Waals surface area contributed by atoms with Crippen LogP contribution in [0.5, 0.6) is 0 Å². The number of rotatable bonds is 2. The van der Waals surface area contributed by atoms with E-state index in [2.05, 4.69) is 15.3 Å². The average Bonchev–Trinajstić information content (AvgIpc) is 2.29. The summed E-state index contributed by atoms with van der Waals surface area (Å²) in [5.41, 5.74) is 1.77. The molecule has 2 N–H and O–H groups in total. The number of aliphatic hydroxyl groups is 1. The van der Waals surface area contributed by atoms with Gasteiger partial charge < -0.3 is 10.4 Å². The van der Waals surface area contributed by atoms with Crippen molar-refractivity contribution in [3.05, 3.63) is 36.2 Å². The van der Waals surface area contributed by atoms with Crippen LogP contribution in [-0.2, 0) is 0 Å². The van der Waals surface area contributed by atoms with Crippen LogP contribution in [0.3, 0.4) is 0 Å². The molecule has 15 heavy (non-hydrogen) atoms. The van der Waals surface area contributed by atoms with Gasteiger partial charge in [-0.15, -0.1) is 0 Å². The zero-order chi connectivity index (χ0) is 10.7. The van der Waals surface area contributed by atoms with Gasteiger partial charge in [0.15, 0.2) is 0 Å². The van der Waals surface area contributed by atoms with Gasteiger partial charge in [-0.05, 0) is 18.2 Å². The Morgan fingerprint density at radius 3 is 3.07 bits per heavy atom. The molecule has 2 aromatic rings. The fraction of sp³-hybridized carbons (Fsp3) is 0.100. The molecule has 0 radical (unpaired) electrons. The molecule has 0 aliphatic heterocycles. The third-order valence-electron chi connectivity index (χ3n) is 1.95. The molecule has 0 atom stereocenters. The van der Waals surface area contributed by atoms with Crippen molar-refractivity contribution in [2.45, 2.75) is 0 Å². The number of fused-ring (bicyclic) bond motifs is 1. The Kier molecular flexibility index (Phi) is 2.55. The zero-order valence-corrected chi connectivity index (χ0v) is 7.84. The highest BCUT2D eigenvalue weighted by Gasteiger charge is 2.05. The van der Waals surface area contributed by atoms with Gasteiger partial charge in [0.2, 0.25) is 0 Å². The van der Waals surface area contributed by atoms with Crippen molar-refractivity contribution in [2.24, 2.45) is 0 Å². The molecular weight excluding hydrogens is 194 g/mol. The lowest BCUT2D eigenvalue weighted by molar-refractivity contribution is 0.0910. The third kappa shape index (κ3) is 1.92. The smallest absolute Gasteiger partial charge is 0.254 e. The van der Waals surface area contributed by atoms with Crippen LogP contribution in [0.4, 0.5) is 0 Å². The maximum Gasteiger partial charge on any atom is 0.254 e. The summed E-state index contributed by atoms with van der Waals surface area (Å²) in [7, 11) is 0. The Hall–Kier alpha value is -2.01. The maximum absolute atomic E-state index is 11.3. The quantitative estimate of drug-likeness (QED) is 0.689. The van der Waals surface area contributed by atoms with E-state index in [1.807, 2.05) is 6.07 Å². The number of nitrogens with zero attached hydrogens (tertiary/aromatic N) is 2. The molecule has 2 aromatic heterocycles. The summed E-state index contributed by atoms with van der Waals surface area (Å²) in [6.07, 6.45) is 3.09. The van der Waals surface area contributed by atoms with E-state index >= 15 is 0 Å². The van der Waals surface area contributed by atoms with Gasteiger partial charge in [0, 0.05) is 12.4 Å². The molecule has 0 fully saturated rings. The first-order valence-electron chi connectivity index (χ1n) is 4.41. The number of pyridine rings is 2. The van der Waals surface area contributed by atoms with Gasteiger partial charge in [-0.3, -0.25) is 14.8 Å². The van der Waals surface area contributed by atoms with Gasteiger partial charge in [0.05, 0.1) is 16.6 Å². The number of amides is 1. The molecule has 0 bridgehead atoms. The molecule has 2 rings (SSSR count). The molecule has 0 aromatic carbocycles. The molecule has 76 valence electrons. The first-order chi connectivity index (χ1) is 7.31. The van der Waals surface area contributed by atoms with Crippen LogP contribution in [-0.4, -0.2) is 27.7 Å². The highest BCUT2D eigenvalue weighted by molar-refractivity contribution is 5.96. The second kappa shape index (κ2) is 4.02. The number of nitrogens with one attached hydrogen (secondary N) is 1. The number of hydrogen-bond acceptors (Lipinski definition) is 4. The predicted molar refractivity (Wildman–Crippen MR) is 54.1 cm³/mol. The summed E-state index contributed by atoms with van der Waals surface area (Å²) < 4.78 is 0. The van der Waals surface area contributed by atoms with Gasteiger partial charge in [0.1, 0.15) is 6.73 Å². The summed E-state index contributed by atoms with van der Waals surface area (Å²) in [5.74, 6) is -0.363. The highest BCUT2D eigenvalue weighted by Crippen LogP contribution is 2.09. The van der Waals surface area contributed by atoms with Gasteiger partial charge >= 0.3 is 0 Å². The van der Waals surface area contributed by atoms with Crippen LogP contribution in [0.15, 0.2) is 30.6 Å². The molecule has 5 heteroatoms. The predicted octanol–water partition coefficient (Wildman–Crippen LogP) is 0.309. The molecule has 0 spiro atoms. The number of aromatic nitrogens is 2. The van der Waals surface area contributed by atoms with Crippen LogP contribution < -0.4 is 5.32 Å². The maximum atomic E-state index is 11.3. The molecule has 1 amide bonds. The van der Waals surface area contributed by atoms with Crippen molar-refractivity contribution in [2.75, 3.05) is 6.73 Å². The minimum atomic E-state index is -0.390. The van der Waals surface area contributed by atoms with E-state index in [1.54, 1.807) is 18.3 Å². The number of carbonyl (C=O) groups excluding carboxylic acids is 1. The second-order valence-corrected chi connectivity index (χ2v) is 2.93. The lowest BCUT2D eigenvalue weighted by Gasteiger charge is -2.01. The Labute approximate surface area is 85.8 Å². The Morgan fingerprint density at radius 2 is 2.27 bits per heavy atom. The molecule has 2 heterocycles. The van der Waals surface area contributed by atoms with Crippen molar-refractivity contribution in [3.8, 4) is 0 Å². The fourth-order valence-corrected chi connectivity index (χ4v) is 1.25. The molecule has 5 nitrogen and oxygen atoms in total. The summed E-state index contributed by atoms with van der Waals surface area (Å²) in [6, 6.07) is 5.23. The molecule has 0 unspecified atom stereocenters. The molecule has 0 aliphatic carbocycles. The van der Waals surface area contributed by atoms with E-state index in [4.69, 9.17) is 5.11 Å². The van der Waals surface area contributed by atoms with Crippen LogP contribution in [0.2, 0.25) is 0 Å². The van der Waals surface area contributed by atoms with E-state index in [0.29, 0.717) is 11.1 Å². The SMILES string of the molecule is O=C(NCO)c1cnc2cccnc2c1. The largest absolute Gasteiger partial charge is 0.376 e. The monoisotopic (exact) mass is 203 g/mol. The van der Waals surface area contributed by atoms with Crippen molar-refractivity contribution in [1.29, 1.82) is 0 Å². The Bertz CT molecular complexity index is 499. The van der Waals surface area contributed by atoms with E-state index < -0.39 is 0 Å². The number of carbonyl (C=O) groups is 1. The van der Waals surface area contributed by atoms with Crippen molar-refractivity contribution < 1.29 is 9.90 Å². The molecular formula is C10H9N3O2. The topological polar surface area (TPSA) is 75.1 Å². The third-order valence-corrected chi connectivity index (χ3v) is 1.95. The van der Waals surface area contributed by atoms with Crippen LogP contribution >= 0.6 is 0 Å².